The number of nitrogens with two attached hydrogens (primary N) is 1. The Bertz CT molecular complexity index is 345. The van der Waals surface area contributed by atoms with Gasteiger partial charge in [-0.2, -0.15) is 0 Å². The van der Waals surface area contributed by atoms with Crippen LogP contribution in [0.15, 0.2) is 24.3 Å². The van der Waals surface area contributed by atoms with Gasteiger partial charge in [-0.1, -0.05) is 64.0 Å². The molecule has 0 radical (unpaired) electrons. The predicted octanol–water partition coefficient (Wildman–Crippen LogP) is 5.10. The van der Waals surface area contributed by atoms with Gasteiger partial charge in [0.2, 0.25) is 0 Å². The standard InChI is InChI=1S/C19H33NO/c1-3-4-5-6-7-8-9-10-15-21-19-13-11-18(12-14-19)16-17(2)20/h11-14,17H,3-10,15-16,20H2,1-2H3. The molecule has 1 atom stereocenters. The van der Waals surface area contributed by atoms with E-state index in [2.05, 4.69) is 31.2 Å². The van der Waals surface area contributed by atoms with Gasteiger partial charge in [-0.15, -0.1) is 0 Å². The van der Waals surface area contributed by atoms with Gasteiger partial charge in [0.15, 0.2) is 0 Å². The molecule has 1 aromatic rings. The molecule has 0 bridgehead atoms. The van der Waals surface area contributed by atoms with Crippen LogP contribution in [0.25, 0.3) is 0 Å². The van der Waals surface area contributed by atoms with Crippen LogP contribution in [0.2, 0.25) is 0 Å². The van der Waals surface area contributed by atoms with E-state index in [1.807, 2.05) is 6.92 Å². The summed E-state index contributed by atoms with van der Waals surface area (Å²) in [4.78, 5) is 0. The van der Waals surface area contributed by atoms with Crippen LogP contribution in [-0.4, -0.2) is 12.6 Å². The molecular weight excluding hydrogens is 258 g/mol. The van der Waals surface area contributed by atoms with Crippen molar-refractivity contribution in [2.45, 2.75) is 77.7 Å². The van der Waals surface area contributed by atoms with Crippen LogP contribution in [0.4, 0.5) is 0 Å². The number of unbranched alkanes of at least 4 members (excludes halogenated alkanes) is 7. The SMILES string of the molecule is CCCCCCCCCCOc1ccc(CC(C)N)cc1. The lowest BCUT2D eigenvalue weighted by Crippen LogP contribution is -2.17. The molecule has 0 amide bonds. The van der Waals surface area contributed by atoms with Crippen LogP contribution in [0.5, 0.6) is 5.75 Å². The van der Waals surface area contributed by atoms with Crippen molar-refractivity contribution in [3.63, 3.8) is 0 Å². The summed E-state index contributed by atoms with van der Waals surface area (Å²) < 4.78 is 5.78. The summed E-state index contributed by atoms with van der Waals surface area (Å²) in [5.74, 6) is 0.978. The predicted molar refractivity (Wildman–Crippen MR) is 91.9 cm³/mol. The first-order chi connectivity index (χ1) is 10.2. The normalized spacial score (nSPS) is 12.3. The Morgan fingerprint density at radius 1 is 0.905 bits per heavy atom. The highest BCUT2D eigenvalue weighted by Crippen LogP contribution is 2.14. The third kappa shape index (κ3) is 9.52. The first-order valence-electron chi connectivity index (χ1n) is 8.69. The van der Waals surface area contributed by atoms with Gasteiger partial charge in [0.1, 0.15) is 5.75 Å². The van der Waals surface area contributed by atoms with Crippen molar-refractivity contribution in [1.29, 1.82) is 0 Å². The van der Waals surface area contributed by atoms with Crippen molar-refractivity contribution < 1.29 is 4.74 Å². The van der Waals surface area contributed by atoms with Gasteiger partial charge in [0.25, 0.3) is 0 Å². The van der Waals surface area contributed by atoms with E-state index in [4.69, 9.17) is 10.5 Å². The van der Waals surface area contributed by atoms with Gasteiger partial charge < -0.3 is 10.5 Å². The highest BCUT2D eigenvalue weighted by Gasteiger charge is 1.99. The Labute approximate surface area is 131 Å². The highest BCUT2D eigenvalue weighted by molar-refractivity contribution is 5.27. The summed E-state index contributed by atoms with van der Waals surface area (Å²) in [6.07, 6.45) is 11.6. The molecule has 0 aromatic heterocycles. The fourth-order valence-electron chi connectivity index (χ4n) is 2.52. The van der Waals surface area contributed by atoms with E-state index in [0.29, 0.717) is 0 Å². The van der Waals surface area contributed by atoms with Crippen molar-refractivity contribution in [1.82, 2.24) is 0 Å². The van der Waals surface area contributed by atoms with Gasteiger partial charge in [0.05, 0.1) is 6.61 Å². The van der Waals surface area contributed by atoms with Crippen molar-refractivity contribution in [2.75, 3.05) is 6.61 Å². The molecule has 1 aromatic carbocycles. The summed E-state index contributed by atoms with van der Waals surface area (Å²) in [6.45, 7) is 5.13. The van der Waals surface area contributed by atoms with Crippen molar-refractivity contribution >= 4 is 0 Å². The first kappa shape index (κ1) is 18.0. The molecule has 0 fully saturated rings. The average Bonchev–Trinajstić information content (AvgIpc) is 2.47. The first-order valence-corrected chi connectivity index (χ1v) is 8.69. The van der Waals surface area contributed by atoms with E-state index in [1.54, 1.807) is 0 Å². The molecule has 0 aliphatic rings. The van der Waals surface area contributed by atoms with Crippen LogP contribution in [-0.2, 0) is 6.42 Å². The summed E-state index contributed by atoms with van der Waals surface area (Å²) in [5.41, 5.74) is 7.08. The number of rotatable bonds is 12. The number of benzene rings is 1. The lowest BCUT2D eigenvalue weighted by atomic mass is 10.1. The Morgan fingerprint density at radius 3 is 2.05 bits per heavy atom. The molecule has 0 saturated heterocycles. The molecule has 0 aliphatic heterocycles. The van der Waals surface area contributed by atoms with E-state index >= 15 is 0 Å². The molecule has 0 heterocycles. The second-order valence-electron chi connectivity index (χ2n) is 6.15. The van der Waals surface area contributed by atoms with E-state index in [9.17, 15) is 0 Å². The molecule has 21 heavy (non-hydrogen) atoms. The minimum absolute atomic E-state index is 0.217. The van der Waals surface area contributed by atoms with Crippen molar-refractivity contribution in [2.24, 2.45) is 5.73 Å². The van der Waals surface area contributed by atoms with E-state index < -0.39 is 0 Å². The minimum Gasteiger partial charge on any atom is -0.494 e. The Hall–Kier alpha value is -1.02. The zero-order chi connectivity index (χ0) is 15.3. The molecule has 2 N–H and O–H groups in total. The molecular formula is C19H33NO. The Morgan fingerprint density at radius 2 is 1.48 bits per heavy atom. The monoisotopic (exact) mass is 291 g/mol. The molecule has 0 aliphatic carbocycles. The second kappa shape index (κ2) is 11.6. The van der Waals surface area contributed by atoms with Crippen molar-refractivity contribution in [3.8, 4) is 5.75 Å². The maximum Gasteiger partial charge on any atom is 0.119 e. The van der Waals surface area contributed by atoms with Gasteiger partial charge >= 0.3 is 0 Å². The van der Waals surface area contributed by atoms with E-state index in [-0.39, 0.29) is 6.04 Å². The number of hydrogen-bond donors (Lipinski definition) is 1. The molecule has 1 rings (SSSR count). The van der Waals surface area contributed by atoms with E-state index in [0.717, 1.165) is 25.2 Å². The maximum absolute atomic E-state index is 5.80. The van der Waals surface area contributed by atoms with Gasteiger partial charge in [0, 0.05) is 6.04 Å². The van der Waals surface area contributed by atoms with Gasteiger partial charge in [-0.3, -0.25) is 0 Å². The highest BCUT2D eigenvalue weighted by atomic mass is 16.5. The summed E-state index contributed by atoms with van der Waals surface area (Å²) in [5, 5.41) is 0. The zero-order valence-electron chi connectivity index (χ0n) is 13.9. The van der Waals surface area contributed by atoms with Gasteiger partial charge in [-0.25, -0.2) is 0 Å². The fraction of sp³-hybridized carbons (Fsp3) is 0.684. The van der Waals surface area contributed by atoms with Crippen LogP contribution in [0, 0.1) is 0 Å². The van der Waals surface area contributed by atoms with Crippen LogP contribution >= 0.6 is 0 Å². The average molecular weight is 291 g/mol. The van der Waals surface area contributed by atoms with Crippen LogP contribution < -0.4 is 10.5 Å². The number of hydrogen-bond acceptors (Lipinski definition) is 2. The lowest BCUT2D eigenvalue weighted by molar-refractivity contribution is 0.304. The molecule has 2 heteroatoms. The Balaban J connectivity index is 2.02. The molecule has 1 unspecified atom stereocenters. The summed E-state index contributed by atoms with van der Waals surface area (Å²) in [7, 11) is 0. The lowest BCUT2D eigenvalue weighted by Gasteiger charge is -2.08. The van der Waals surface area contributed by atoms with E-state index in [1.165, 1.54) is 50.5 Å². The number of ether oxygens (including phenoxy) is 1. The molecule has 2 nitrogen and oxygen atoms in total. The zero-order valence-corrected chi connectivity index (χ0v) is 13.9. The minimum atomic E-state index is 0.217. The third-order valence-corrected chi connectivity index (χ3v) is 3.75. The molecule has 0 saturated carbocycles. The Kier molecular flexibility index (Phi) is 9.98. The second-order valence-corrected chi connectivity index (χ2v) is 6.15. The van der Waals surface area contributed by atoms with Crippen LogP contribution in [0.1, 0.15) is 70.8 Å². The molecule has 0 spiro atoms. The summed E-state index contributed by atoms with van der Waals surface area (Å²) in [6, 6.07) is 8.57. The van der Waals surface area contributed by atoms with Crippen molar-refractivity contribution in [3.05, 3.63) is 29.8 Å². The van der Waals surface area contributed by atoms with Gasteiger partial charge in [-0.05, 0) is 37.5 Å². The largest absolute Gasteiger partial charge is 0.494 e. The van der Waals surface area contributed by atoms with Crippen LogP contribution in [0.3, 0.4) is 0 Å². The fourth-order valence-corrected chi connectivity index (χ4v) is 2.52. The maximum atomic E-state index is 5.80. The topological polar surface area (TPSA) is 35.2 Å². The quantitative estimate of drug-likeness (QED) is 0.544. The smallest absolute Gasteiger partial charge is 0.119 e. The molecule has 120 valence electrons. The third-order valence-electron chi connectivity index (χ3n) is 3.75. The summed E-state index contributed by atoms with van der Waals surface area (Å²) >= 11 is 0.